The molecule has 2 atom stereocenters. The van der Waals surface area contributed by atoms with Crippen molar-refractivity contribution >= 4 is 34.2 Å². The molecule has 0 bridgehead atoms. The van der Waals surface area contributed by atoms with Gasteiger partial charge < -0.3 is 14.0 Å². The van der Waals surface area contributed by atoms with Gasteiger partial charge in [0.05, 0.1) is 23.7 Å². The van der Waals surface area contributed by atoms with Gasteiger partial charge in [0.15, 0.2) is 0 Å². The highest BCUT2D eigenvalue weighted by Crippen LogP contribution is 2.38. The fraction of sp³-hybridized carbons (Fsp3) is 0.182. The first-order chi connectivity index (χ1) is 14.5. The minimum Gasteiger partial charge on any atom is -0.495 e. The van der Waals surface area contributed by atoms with E-state index in [0.717, 1.165) is 10.5 Å². The maximum atomic E-state index is 13.2. The van der Waals surface area contributed by atoms with Crippen molar-refractivity contribution in [3.8, 4) is 5.75 Å². The van der Waals surface area contributed by atoms with E-state index < -0.39 is 23.8 Å². The van der Waals surface area contributed by atoms with Gasteiger partial charge in [-0.2, -0.15) is 0 Å². The summed E-state index contributed by atoms with van der Waals surface area (Å²) in [6.07, 6.45) is 0.128. The lowest BCUT2D eigenvalue weighted by atomic mass is 9.94. The standard InChI is InChI=1S/C22H16N2O6/c1-11-7-8-12-16(9-11)29-10-13(19(12)25)18-17-20(30-23-18)22(27)24(21(17)26)14-5-3-4-6-15(14)28-2/h3-10,17,20H,1-2H3. The lowest BCUT2D eigenvalue weighted by Crippen LogP contribution is -2.34. The van der Waals surface area contributed by atoms with Gasteiger partial charge in [0.25, 0.3) is 5.91 Å². The van der Waals surface area contributed by atoms with Gasteiger partial charge in [0, 0.05) is 0 Å². The molecule has 2 aliphatic rings. The Morgan fingerprint density at radius 1 is 1.07 bits per heavy atom. The van der Waals surface area contributed by atoms with Crippen LogP contribution in [0.25, 0.3) is 11.0 Å². The van der Waals surface area contributed by atoms with Gasteiger partial charge in [-0.05, 0) is 36.8 Å². The zero-order valence-corrected chi connectivity index (χ0v) is 16.1. The summed E-state index contributed by atoms with van der Waals surface area (Å²) in [4.78, 5) is 45.5. The highest BCUT2D eigenvalue weighted by Gasteiger charge is 2.57. The molecule has 0 spiro atoms. The summed E-state index contributed by atoms with van der Waals surface area (Å²) in [6, 6.07) is 11.9. The van der Waals surface area contributed by atoms with Crippen molar-refractivity contribution in [2.45, 2.75) is 13.0 Å². The van der Waals surface area contributed by atoms with E-state index in [-0.39, 0.29) is 16.7 Å². The smallest absolute Gasteiger partial charge is 0.279 e. The van der Waals surface area contributed by atoms with Crippen LogP contribution in [0.15, 0.2) is 63.1 Å². The zero-order chi connectivity index (χ0) is 21.0. The average Bonchev–Trinajstić information content (AvgIpc) is 3.28. The molecule has 0 aliphatic carbocycles. The Balaban J connectivity index is 1.58. The quantitative estimate of drug-likeness (QED) is 0.622. The molecule has 0 saturated carbocycles. The van der Waals surface area contributed by atoms with Gasteiger partial charge in [-0.3, -0.25) is 14.4 Å². The van der Waals surface area contributed by atoms with Crippen molar-refractivity contribution in [3.05, 3.63) is 70.1 Å². The topological polar surface area (TPSA) is 98.4 Å². The van der Waals surface area contributed by atoms with Crippen LogP contribution in [-0.4, -0.2) is 30.7 Å². The molecular weight excluding hydrogens is 388 g/mol. The Morgan fingerprint density at radius 3 is 2.67 bits per heavy atom. The number of anilines is 1. The molecule has 2 unspecified atom stereocenters. The van der Waals surface area contributed by atoms with Gasteiger partial charge in [-0.15, -0.1) is 0 Å². The highest BCUT2D eigenvalue weighted by molar-refractivity contribution is 6.32. The van der Waals surface area contributed by atoms with Crippen LogP contribution in [0.2, 0.25) is 0 Å². The van der Waals surface area contributed by atoms with Crippen LogP contribution in [0.4, 0.5) is 5.69 Å². The molecule has 2 aromatic carbocycles. The monoisotopic (exact) mass is 404 g/mol. The minimum absolute atomic E-state index is 0.0898. The Kier molecular flexibility index (Phi) is 3.95. The van der Waals surface area contributed by atoms with Gasteiger partial charge in [-0.1, -0.05) is 23.4 Å². The van der Waals surface area contributed by atoms with E-state index in [2.05, 4.69) is 5.16 Å². The summed E-state index contributed by atoms with van der Waals surface area (Å²) in [5.74, 6) is -1.75. The number of para-hydroxylation sites is 2. The van der Waals surface area contributed by atoms with Gasteiger partial charge in [-0.25, -0.2) is 4.90 Å². The summed E-state index contributed by atoms with van der Waals surface area (Å²) in [5.41, 5.74) is 1.55. The summed E-state index contributed by atoms with van der Waals surface area (Å²) < 4.78 is 10.9. The second-order valence-electron chi connectivity index (χ2n) is 7.14. The van der Waals surface area contributed by atoms with Crippen LogP contribution in [0.1, 0.15) is 11.1 Å². The molecule has 2 amide bonds. The van der Waals surface area contributed by atoms with E-state index >= 15 is 0 Å². The number of benzene rings is 2. The number of fused-ring (bicyclic) bond motifs is 2. The first-order valence-corrected chi connectivity index (χ1v) is 9.28. The second kappa shape index (κ2) is 6.55. The molecule has 3 heterocycles. The van der Waals surface area contributed by atoms with Crippen molar-refractivity contribution in [1.29, 1.82) is 0 Å². The summed E-state index contributed by atoms with van der Waals surface area (Å²) in [6.45, 7) is 1.89. The SMILES string of the molecule is COc1ccccc1N1C(=O)C2ON=C(c3coc4cc(C)ccc4c3=O)C2C1=O. The van der Waals surface area contributed by atoms with E-state index in [1.165, 1.54) is 13.4 Å². The van der Waals surface area contributed by atoms with Crippen LogP contribution in [0, 0.1) is 12.8 Å². The number of hydrogen-bond donors (Lipinski definition) is 0. The third kappa shape index (κ3) is 2.46. The fourth-order valence-corrected chi connectivity index (χ4v) is 3.86. The Bertz CT molecular complexity index is 1310. The number of aryl methyl sites for hydroxylation is 1. The molecule has 8 nitrogen and oxygen atoms in total. The van der Waals surface area contributed by atoms with Crippen molar-refractivity contribution in [1.82, 2.24) is 0 Å². The summed E-state index contributed by atoms with van der Waals surface area (Å²) >= 11 is 0. The molecule has 1 fully saturated rings. The number of rotatable bonds is 3. The van der Waals surface area contributed by atoms with E-state index in [1.54, 1.807) is 42.5 Å². The molecule has 1 saturated heterocycles. The third-order valence-corrected chi connectivity index (χ3v) is 5.34. The van der Waals surface area contributed by atoms with Crippen molar-refractivity contribution in [2.75, 3.05) is 12.0 Å². The molecule has 150 valence electrons. The van der Waals surface area contributed by atoms with Crippen LogP contribution in [0.3, 0.4) is 0 Å². The Labute approximate surface area is 170 Å². The predicted octanol–water partition coefficient (Wildman–Crippen LogP) is 2.40. The number of nitrogens with zero attached hydrogens (tertiary/aromatic N) is 2. The lowest BCUT2D eigenvalue weighted by Gasteiger charge is -2.18. The first-order valence-electron chi connectivity index (χ1n) is 9.28. The van der Waals surface area contributed by atoms with E-state index in [1.807, 2.05) is 6.92 Å². The number of ether oxygens (including phenoxy) is 1. The summed E-state index contributed by atoms with van der Waals surface area (Å²) in [5, 5.41) is 4.27. The molecule has 0 radical (unpaired) electrons. The number of carbonyl (C=O) groups excluding carboxylic acids is 2. The molecule has 30 heavy (non-hydrogen) atoms. The molecular formula is C22H16N2O6. The van der Waals surface area contributed by atoms with Crippen LogP contribution < -0.4 is 15.1 Å². The number of amides is 2. The van der Waals surface area contributed by atoms with E-state index in [4.69, 9.17) is 14.0 Å². The largest absolute Gasteiger partial charge is 0.495 e. The van der Waals surface area contributed by atoms with Gasteiger partial charge in [0.2, 0.25) is 17.4 Å². The normalized spacial score (nSPS) is 20.3. The molecule has 5 rings (SSSR count). The average molecular weight is 404 g/mol. The van der Waals surface area contributed by atoms with E-state index in [9.17, 15) is 14.4 Å². The van der Waals surface area contributed by atoms with Crippen LogP contribution >= 0.6 is 0 Å². The number of hydrogen-bond acceptors (Lipinski definition) is 7. The van der Waals surface area contributed by atoms with Crippen LogP contribution in [-0.2, 0) is 14.4 Å². The fourth-order valence-electron chi connectivity index (χ4n) is 3.86. The molecule has 0 N–H and O–H groups in total. The maximum absolute atomic E-state index is 13.2. The van der Waals surface area contributed by atoms with Crippen molar-refractivity contribution < 1.29 is 23.6 Å². The lowest BCUT2D eigenvalue weighted by molar-refractivity contribution is -0.126. The Hall–Kier alpha value is -3.94. The molecule has 2 aliphatic heterocycles. The maximum Gasteiger partial charge on any atom is 0.279 e. The Morgan fingerprint density at radius 2 is 1.87 bits per heavy atom. The zero-order valence-electron chi connectivity index (χ0n) is 16.1. The van der Waals surface area contributed by atoms with Crippen molar-refractivity contribution in [3.63, 3.8) is 0 Å². The number of imide groups is 1. The van der Waals surface area contributed by atoms with Gasteiger partial charge >= 0.3 is 0 Å². The third-order valence-electron chi connectivity index (χ3n) is 5.34. The second-order valence-corrected chi connectivity index (χ2v) is 7.14. The number of oxime groups is 1. The van der Waals surface area contributed by atoms with E-state index in [0.29, 0.717) is 22.4 Å². The van der Waals surface area contributed by atoms with Crippen molar-refractivity contribution in [2.24, 2.45) is 11.1 Å². The van der Waals surface area contributed by atoms with Crippen LogP contribution in [0.5, 0.6) is 5.75 Å². The first kappa shape index (κ1) is 18.1. The number of carbonyl (C=O) groups is 2. The number of methoxy groups -OCH3 is 1. The summed E-state index contributed by atoms with van der Waals surface area (Å²) in [7, 11) is 1.45. The molecule has 1 aromatic heterocycles. The highest BCUT2D eigenvalue weighted by atomic mass is 16.7. The predicted molar refractivity (Wildman–Crippen MR) is 108 cm³/mol. The molecule has 3 aromatic rings. The molecule has 8 heteroatoms. The van der Waals surface area contributed by atoms with Gasteiger partial charge in [0.1, 0.15) is 29.2 Å². The minimum atomic E-state index is -1.13.